The lowest BCUT2D eigenvalue weighted by Crippen LogP contribution is -2.30. The van der Waals surface area contributed by atoms with Crippen molar-refractivity contribution in [3.63, 3.8) is 0 Å². The Labute approximate surface area is 185 Å². The van der Waals surface area contributed by atoms with E-state index in [1.54, 1.807) is 36.4 Å². The van der Waals surface area contributed by atoms with Crippen LogP contribution in [-0.4, -0.2) is 30.2 Å². The molecule has 1 aliphatic heterocycles. The second-order valence-corrected chi connectivity index (χ2v) is 8.63. The highest BCUT2D eigenvalue weighted by atomic mass is 35.5. The summed E-state index contributed by atoms with van der Waals surface area (Å²) in [7, 11) is 0. The molecule has 3 atom stereocenters. The molecule has 1 aliphatic carbocycles. The predicted octanol–water partition coefficient (Wildman–Crippen LogP) is 4.31. The van der Waals surface area contributed by atoms with Crippen LogP contribution in [0.2, 0.25) is 5.02 Å². The third-order valence-corrected chi connectivity index (χ3v) is 6.30. The van der Waals surface area contributed by atoms with Gasteiger partial charge in [-0.05, 0) is 73.7 Å². The van der Waals surface area contributed by atoms with Gasteiger partial charge in [0.1, 0.15) is 0 Å². The van der Waals surface area contributed by atoms with Gasteiger partial charge in [-0.1, -0.05) is 18.5 Å². The lowest BCUT2D eigenvalue weighted by Gasteiger charge is -2.25. The molecule has 2 aromatic rings. The maximum Gasteiger partial charge on any atom is 0.338 e. The van der Waals surface area contributed by atoms with E-state index in [0.29, 0.717) is 22.2 Å². The number of ketones is 1. The molecule has 1 heterocycles. The number of halogens is 1. The SMILES string of the molecule is C[C@@H]1CC[C@@H]2C(=O)N(c3ccc(C(=O)OCC(=O)c4ccc(Cl)cc4)cc3)C(=O)[C@@H]2C1. The molecule has 0 bridgehead atoms. The van der Waals surface area contributed by atoms with Crippen molar-refractivity contribution >= 4 is 40.9 Å². The third-order valence-electron chi connectivity index (χ3n) is 6.05. The van der Waals surface area contributed by atoms with Gasteiger partial charge in [0.2, 0.25) is 11.8 Å². The molecule has 2 aromatic carbocycles. The van der Waals surface area contributed by atoms with Gasteiger partial charge < -0.3 is 4.74 Å². The van der Waals surface area contributed by atoms with E-state index in [0.717, 1.165) is 19.3 Å². The summed E-state index contributed by atoms with van der Waals surface area (Å²) in [5.41, 5.74) is 1.08. The van der Waals surface area contributed by atoms with E-state index in [2.05, 4.69) is 6.92 Å². The van der Waals surface area contributed by atoms with Crippen molar-refractivity contribution in [1.82, 2.24) is 0 Å². The number of esters is 1. The van der Waals surface area contributed by atoms with Gasteiger partial charge in [-0.25, -0.2) is 4.79 Å². The van der Waals surface area contributed by atoms with E-state index in [4.69, 9.17) is 16.3 Å². The fraction of sp³-hybridized carbons (Fsp3) is 0.333. The first-order chi connectivity index (χ1) is 14.8. The van der Waals surface area contributed by atoms with Crippen molar-refractivity contribution in [2.75, 3.05) is 11.5 Å². The topological polar surface area (TPSA) is 80.8 Å². The highest BCUT2D eigenvalue weighted by Gasteiger charge is 2.49. The molecule has 1 saturated carbocycles. The number of amides is 2. The van der Waals surface area contributed by atoms with Gasteiger partial charge in [0.15, 0.2) is 12.4 Å². The fourth-order valence-corrected chi connectivity index (χ4v) is 4.45. The first-order valence-corrected chi connectivity index (χ1v) is 10.7. The maximum absolute atomic E-state index is 12.8. The molecular formula is C24H22ClNO5. The normalized spacial score (nSPS) is 22.9. The summed E-state index contributed by atoms with van der Waals surface area (Å²) in [5, 5.41) is 0.511. The van der Waals surface area contributed by atoms with Gasteiger partial charge in [0.05, 0.1) is 23.1 Å². The number of hydrogen-bond acceptors (Lipinski definition) is 5. The van der Waals surface area contributed by atoms with Crippen molar-refractivity contribution in [2.45, 2.75) is 26.2 Å². The minimum absolute atomic E-state index is 0.161. The largest absolute Gasteiger partial charge is 0.454 e. The lowest BCUT2D eigenvalue weighted by molar-refractivity contribution is -0.122. The molecule has 2 aliphatic rings. The number of hydrogen-bond donors (Lipinski definition) is 0. The van der Waals surface area contributed by atoms with E-state index in [-0.39, 0.29) is 35.0 Å². The van der Waals surface area contributed by atoms with Crippen molar-refractivity contribution in [3.05, 3.63) is 64.7 Å². The van der Waals surface area contributed by atoms with Crippen LogP contribution < -0.4 is 4.90 Å². The molecule has 7 heteroatoms. The minimum atomic E-state index is -0.657. The highest BCUT2D eigenvalue weighted by Crippen LogP contribution is 2.42. The van der Waals surface area contributed by atoms with Gasteiger partial charge in [0, 0.05) is 10.6 Å². The Balaban J connectivity index is 1.40. The molecule has 0 radical (unpaired) electrons. The zero-order chi connectivity index (χ0) is 22.1. The Morgan fingerprint density at radius 1 is 0.935 bits per heavy atom. The number of imide groups is 1. The van der Waals surface area contributed by atoms with Crippen LogP contribution in [0.1, 0.15) is 46.9 Å². The van der Waals surface area contributed by atoms with E-state index in [1.807, 2.05) is 0 Å². The maximum atomic E-state index is 12.8. The second kappa shape index (κ2) is 8.63. The molecule has 4 rings (SSSR count). The Hall–Kier alpha value is -2.99. The van der Waals surface area contributed by atoms with Crippen molar-refractivity contribution in [1.29, 1.82) is 0 Å². The average molecular weight is 440 g/mol. The zero-order valence-corrected chi connectivity index (χ0v) is 17.8. The summed E-state index contributed by atoms with van der Waals surface area (Å²) in [5.74, 6) is -1.38. The molecule has 0 unspecified atom stereocenters. The molecule has 0 spiro atoms. The van der Waals surface area contributed by atoms with Crippen molar-refractivity contribution < 1.29 is 23.9 Å². The summed E-state index contributed by atoms with van der Waals surface area (Å²) in [6.07, 6.45) is 2.42. The quantitative estimate of drug-likeness (QED) is 0.394. The Morgan fingerprint density at radius 2 is 1.55 bits per heavy atom. The number of rotatable bonds is 5. The van der Waals surface area contributed by atoms with Crippen LogP contribution in [0, 0.1) is 17.8 Å². The van der Waals surface area contributed by atoms with Gasteiger partial charge in [0.25, 0.3) is 0 Å². The van der Waals surface area contributed by atoms with Crippen LogP contribution in [-0.2, 0) is 14.3 Å². The monoisotopic (exact) mass is 439 g/mol. The molecule has 2 amide bonds. The molecule has 1 saturated heterocycles. The third kappa shape index (κ3) is 4.26. The Kier molecular flexibility index (Phi) is 5.92. The van der Waals surface area contributed by atoms with Crippen molar-refractivity contribution in [3.8, 4) is 0 Å². The van der Waals surface area contributed by atoms with Gasteiger partial charge in [-0.15, -0.1) is 0 Å². The number of carbonyl (C=O) groups is 4. The smallest absolute Gasteiger partial charge is 0.338 e. The number of fused-ring (bicyclic) bond motifs is 1. The van der Waals surface area contributed by atoms with E-state index >= 15 is 0 Å². The number of benzene rings is 2. The van der Waals surface area contributed by atoms with Gasteiger partial charge in [-0.2, -0.15) is 0 Å². The second-order valence-electron chi connectivity index (χ2n) is 8.20. The molecule has 31 heavy (non-hydrogen) atoms. The molecule has 2 fully saturated rings. The Morgan fingerprint density at radius 3 is 2.23 bits per heavy atom. The van der Waals surface area contributed by atoms with Crippen molar-refractivity contribution in [2.24, 2.45) is 17.8 Å². The summed E-state index contributed by atoms with van der Waals surface area (Å²) in [4.78, 5) is 51.3. The number of nitrogens with zero attached hydrogens (tertiary/aromatic N) is 1. The number of ether oxygens (including phenoxy) is 1. The van der Waals surface area contributed by atoms with Crippen LogP contribution in [0.15, 0.2) is 48.5 Å². The van der Waals surface area contributed by atoms with Crippen LogP contribution in [0.4, 0.5) is 5.69 Å². The summed E-state index contributed by atoms with van der Waals surface area (Å²) in [6.45, 7) is 1.71. The summed E-state index contributed by atoms with van der Waals surface area (Å²) < 4.78 is 5.10. The molecule has 160 valence electrons. The molecule has 6 nitrogen and oxygen atoms in total. The van der Waals surface area contributed by atoms with Crippen LogP contribution in [0.5, 0.6) is 0 Å². The molecule has 0 N–H and O–H groups in total. The molecule has 0 aromatic heterocycles. The summed E-state index contributed by atoms with van der Waals surface area (Å²) in [6, 6.07) is 12.4. The van der Waals surface area contributed by atoms with Crippen LogP contribution >= 0.6 is 11.6 Å². The van der Waals surface area contributed by atoms with Gasteiger partial charge in [-0.3, -0.25) is 19.3 Å². The predicted molar refractivity (Wildman–Crippen MR) is 115 cm³/mol. The molecular weight excluding hydrogens is 418 g/mol. The van der Waals surface area contributed by atoms with Crippen LogP contribution in [0.25, 0.3) is 0 Å². The zero-order valence-electron chi connectivity index (χ0n) is 17.0. The lowest BCUT2D eigenvalue weighted by atomic mass is 9.76. The van der Waals surface area contributed by atoms with E-state index in [9.17, 15) is 19.2 Å². The van der Waals surface area contributed by atoms with E-state index in [1.165, 1.54) is 17.0 Å². The summed E-state index contributed by atoms with van der Waals surface area (Å²) >= 11 is 5.80. The fourth-order valence-electron chi connectivity index (χ4n) is 4.32. The standard InChI is InChI=1S/C24H22ClNO5/c1-14-2-11-19-20(12-14)23(29)26(22(19)28)18-9-5-16(6-10-18)24(30)31-13-21(27)15-3-7-17(25)8-4-15/h3-10,14,19-20H,2,11-13H2,1H3/t14-,19+,20-/m1/s1. The number of Topliss-reactive ketones (excluding diaryl/α,β-unsaturated/α-hetero) is 1. The highest BCUT2D eigenvalue weighted by molar-refractivity contribution is 6.30. The number of anilines is 1. The Bertz CT molecular complexity index is 1030. The first-order valence-electron chi connectivity index (χ1n) is 10.3. The number of carbonyl (C=O) groups excluding carboxylic acids is 4. The van der Waals surface area contributed by atoms with Crippen LogP contribution in [0.3, 0.4) is 0 Å². The van der Waals surface area contributed by atoms with Gasteiger partial charge >= 0.3 is 5.97 Å². The van der Waals surface area contributed by atoms with E-state index < -0.39 is 12.6 Å². The first kappa shape index (κ1) is 21.2. The minimum Gasteiger partial charge on any atom is -0.454 e. The average Bonchev–Trinajstić information content (AvgIpc) is 3.02.